The molecule has 1 amide bonds. The fraction of sp³-hybridized carbons (Fsp3) is 0.133. The minimum absolute atomic E-state index is 0.104. The molecule has 0 saturated carbocycles. The molecule has 0 aliphatic rings. The number of hydrogen-bond donors (Lipinski definition) is 2. The second-order valence-corrected chi connectivity index (χ2v) is 5.07. The summed E-state index contributed by atoms with van der Waals surface area (Å²) in [6, 6.07) is 12.4. The van der Waals surface area contributed by atoms with Gasteiger partial charge in [0.25, 0.3) is 5.91 Å². The second-order valence-electron chi connectivity index (χ2n) is 4.22. The van der Waals surface area contributed by atoms with Gasteiger partial charge in [0.1, 0.15) is 11.5 Å². The van der Waals surface area contributed by atoms with E-state index in [0.717, 1.165) is 4.47 Å². The average molecular weight is 351 g/mol. The monoisotopic (exact) mass is 350 g/mol. The van der Waals surface area contributed by atoms with Gasteiger partial charge in [-0.2, -0.15) is 0 Å². The Kier molecular flexibility index (Phi) is 5.05. The van der Waals surface area contributed by atoms with Crippen molar-refractivity contribution < 1.29 is 14.3 Å². The van der Waals surface area contributed by atoms with Gasteiger partial charge >= 0.3 is 0 Å². The number of carbonyl (C=O) groups is 1. The molecule has 21 heavy (non-hydrogen) atoms. The lowest BCUT2D eigenvalue weighted by Gasteiger charge is -2.10. The summed E-state index contributed by atoms with van der Waals surface area (Å²) in [6.45, 7) is -0.104. The van der Waals surface area contributed by atoms with Crippen LogP contribution in [-0.2, 0) is 4.79 Å². The molecule has 0 aliphatic carbocycles. The highest BCUT2D eigenvalue weighted by molar-refractivity contribution is 9.10. The molecule has 6 heteroatoms. The van der Waals surface area contributed by atoms with Gasteiger partial charge in [0.15, 0.2) is 6.61 Å². The molecule has 3 N–H and O–H groups in total. The van der Waals surface area contributed by atoms with E-state index in [2.05, 4.69) is 21.2 Å². The van der Waals surface area contributed by atoms with Crippen LogP contribution in [0.2, 0.25) is 0 Å². The summed E-state index contributed by atoms with van der Waals surface area (Å²) < 4.78 is 11.3. The lowest BCUT2D eigenvalue weighted by atomic mass is 10.3. The van der Waals surface area contributed by atoms with Crippen LogP contribution in [0.25, 0.3) is 0 Å². The van der Waals surface area contributed by atoms with Gasteiger partial charge in [-0.1, -0.05) is 12.1 Å². The first-order valence-electron chi connectivity index (χ1n) is 6.21. The molecule has 0 aliphatic heterocycles. The minimum Gasteiger partial charge on any atom is -0.495 e. The lowest BCUT2D eigenvalue weighted by molar-refractivity contribution is -0.118. The largest absolute Gasteiger partial charge is 0.495 e. The summed E-state index contributed by atoms with van der Waals surface area (Å²) in [7, 11) is 1.54. The summed E-state index contributed by atoms with van der Waals surface area (Å²) in [4.78, 5) is 11.8. The fourth-order valence-corrected chi connectivity index (χ4v) is 2.08. The van der Waals surface area contributed by atoms with Crippen LogP contribution in [0.4, 0.5) is 11.4 Å². The van der Waals surface area contributed by atoms with Gasteiger partial charge in [-0.15, -0.1) is 0 Å². The fourth-order valence-electron chi connectivity index (χ4n) is 1.70. The number of carbonyl (C=O) groups excluding carboxylic acids is 1. The molecule has 0 spiro atoms. The van der Waals surface area contributed by atoms with E-state index in [4.69, 9.17) is 15.2 Å². The summed E-state index contributed by atoms with van der Waals surface area (Å²) >= 11 is 3.36. The van der Waals surface area contributed by atoms with E-state index in [1.807, 2.05) is 18.2 Å². The quantitative estimate of drug-likeness (QED) is 0.812. The zero-order chi connectivity index (χ0) is 15.2. The molecule has 110 valence electrons. The lowest BCUT2D eigenvalue weighted by Crippen LogP contribution is -2.20. The Morgan fingerprint density at radius 3 is 2.71 bits per heavy atom. The predicted molar refractivity (Wildman–Crippen MR) is 85.7 cm³/mol. The second kappa shape index (κ2) is 6.99. The van der Waals surface area contributed by atoms with E-state index in [0.29, 0.717) is 22.9 Å². The van der Waals surface area contributed by atoms with Gasteiger partial charge in [0.05, 0.1) is 18.5 Å². The number of ether oxygens (including phenoxy) is 2. The van der Waals surface area contributed by atoms with Crippen molar-refractivity contribution in [2.45, 2.75) is 0 Å². The van der Waals surface area contributed by atoms with Crippen LogP contribution in [0.3, 0.4) is 0 Å². The summed E-state index contributed by atoms with van der Waals surface area (Å²) in [5.74, 6) is 0.826. The van der Waals surface area contributed by atoms with Crippen molar-refractivity contribution in [3.8, 4) is 11.5 Å². The molecule has 0 atom stereocenters. The first-order valence-corrected chi connectivity index (χ1v) is 7.00. The van der Waals surface area contributed by atoms with Crippen molar-refractivity contribution in [3.05, 3.63) is 46.9 Å². The highest BCUT2D eigenvalue weighted by Gasteiger charge is 2.07. The molecule has 0 bridgehead atoms. The number of benzene rings is 2. The molecule has 0 saturated heterocycles. The van der Waals surface area contributed by atoms with Gasteiger partial charge in [-0.05, 0) is 40.2 Å². The zero-order valence-corrected chi connectivity index (χ0v) is 13.0. The van der Waals surface area contributed by atoms with Crippen molar-refractivity contribution in [2.75, 3.05) is 24.8 Å². The molecule has 5 nitrogen and oxygen atoms in total. The first-order chi connectivity index (χ1) is 10.1. The SMILES string of the molecule is COc1ccc(OCC(=O)Nc2ccccc2Br)cc1N. The van der Waals surface area contributed by atoms with Crippen LogP contribution in [0.1, 0.15) is 0 Å². The van der Waals surface area contributed by atoms with Crippen molar-refractivity contribution in [1.29, 1.82) is 0 Å². The number of amides is 1. The number of nitrogen functional groups attached to an aromatic ring is 1. The van der Waals surface area contributed by atoms with Gasteiger partial charge in [-0.25, -0.2) is 0 Å². The molecule has 0 radical (unpaired) electrons. The van der Waals surface area contributed by atoms with Crippen molar-refractivity contribution >= 4 is 33.2 Å². The highest BCUT2D eigenvalue weighted by Crippen LogP contribution is 2.26. The van der Waals surface area contributed by atoms with Crippen molar-refractivity contribution in [1.82, 2.24) is 0 Å². The van der Waals surface area contributed by atoms with Gasteiger partial charge < -0.3 is 20.5 Å². The van der Waals surface area contributed by atoms with Crippen LogP contribution in [0.15, 0.2) is 46.9 Å². The Morgan fingerprint density at radius 1 is 1.29 bits per heavy atom. The molecule has 2 aromatic carbocycles. The van der Waals surface area contributed by atoms with Crippen molar-refractivity contribution in [3.63, 3.8) is 0 Å². The topological polar surface area (TPSA) is 73.6 Å². The smallest absolute Gasteiger partial charge is 0.262 e. The molecule has 0 heterocycles. The van der Waals surface area contributed by atoms with Crippen LogP contribution in [-0.4, -0.2) is 19.6 Å². The Balaban J connectivity index is 1.92. The molecular formula is C15H15BrN2O3. The van der Waals surface area contributed by atoms with Gasteiger partial charge in [-0.3, -0.25) is 4.79 Å². The number of hydrogen-bond acceptors (Lipinski definition) is 4. The number of nitrogens with two attached hydrogens (primary N) is 1. The van der Waals surface area contributed by atoms with Crippen LogP contribution >= 0.6 is 15.9 Å². The average Bonchev–Trinajstić information content (AvgIpc) is 2.48. The Hall–Kier alpha value is -2.21. The van der Waals surface area contributed by atoms with Gasteiger partial charge in [0, 0.05) is 10.5 Å². The third-order valence-corrected chi connectivity index (χ3v) is 3.41. The normalized spacial score (nSPS) is 10.0. The van der Waals surface area contributed by atoms with Crippen LogP contribution in [0, 0.1) is 0 Å². The summed E-state index contributed by atoms with van der Waals surface area (Å²) in [5, 5.41) is 2.75. The molecule has 0 unspecified atom stereocenters. The first kappa shape index (κ1) is 15.2. The standard InChI is InChI=1S/C15H15BrN2O3/c1-20-14-7-6-10(8-12(14)17)21-9-15(19)18-13-5-3-2-4-11(13)16/h2-8H,9,17H2,1H3,(H,18,19). The molecule has 0 fully saturated rings. The van der Waals surface area contributed by atoms with Crippen LogP contribution < -0.4 is 20.5 Å². The van der Waals surface area contributed by atoms with E-state index in [9.17, 15) is 4.79 Å². The number of halogens is 1. The Labute approximate surface area is 131 Å². The Morgan fingerprint density at radius 2 is 2.05 bits per heavy atom. The summed E-state index contributed by atoms with van der Waals surface area (Å²) in [5.41, 5.74) is 6.92. The predicted octanol–water partition coefficient (Wildman–Crippen LogP) is 3.06. The maximum Gasteiger partial charge on any atom is 0.262 e. The Bertz CT molecular complexity index is 647. The third kappa shape index (κ3) is 4.13. The van der Waals surface area contributed by atoms with Crippen LogP contribution in [0.5, 0.6) is 11.5 Å². The zero-order valence-electron chi connectivity index (χ0n) is 11.4. The van der Waals surface area contributed by atoms with E-state index >= 15 is 0 Å². The van der Waals surface area contributed by atoms with Crippen molar-refractivity contribution in [2.24, 2.45) is 0 Å². The van der Waals surface area contributed by atoms with E-state index in [-0.39, 0.29) is 12.5 Å². The molecule has 2 aromatic rings. The number of methoxy groups -OCH3 is 1. The number of rotatable bonds is 5. The molecular weight excluding hydrogens is 336 g/mol. The number of para-hydroxylation sites is 1. The number of anilines is 2. The van der Waals surface area contributed by atoms with E-state index in [1.165, 1.54) is 7.11 Å². The van der Waals surface area contributed by atoms with Gasteiger partial charge in [0.2, 0.25) is 0 Å². The van der Waals surface area contributed by atoms with E-state index < -0.39 is 0 Å². The molecule has 2 rings (SSSR count). The number of nitrogens with one attached hydrogen (secondary N) is 1. The molecule has 0 aromatic heterocycles. The van der Waals surface area contributed by atoms with E-state index in [1.54, 1.807) is 24.3 Å². The highest BCUT2D eigenvalue weighted by atomic mass is 79.9. The third-order valence-electron chi connectivity index (χ3n) is 2.72. The maximum atomic E-state index is 11.8. The maximum absolute atomic E-state index is 11.8. The minimum atomic E-state index is -0.253. The summed E-state index contributed by atoms with van der Waals surface area (Å²) in [6.07, 6.45) is 0.